The lowest BCUT2D eigenvalue weighted by Crippen LogP contribution is -2.26. The molecule has 12 heavy (non-hydrogen) atoms. The quantitative estimate of drug-likeness (QED) is 0.280. The molecule has 0 spiro atoms. The van der Waals surface area contributed by atoms with E-state index >= 15 is 0 Å². The van der Waals surface area contributed by atoms with Crippen LogP contribution in [0, 0.1) is 11.8 Å². The fourth-order valence-corrected chi connectivity index (χ4v) is 2.11. The predicted molar refractivity (Wildman–Crippen MR) is 35.9 cm³/mol. The van der Waals surface area contributed by atoms with Crippen LogP contribution in [0.4, 0.5) is 0 Å². The molecule has 0 N–H and O–H groups in total. The molecule has 1 unspecified atom stereocenters. The van der Waals surface area contributed by atoms with Crippen LogP contribution >= 0.6 is 0 Å². The predicted octanol–water partition coefficient (Wildman–Crippen LogP) is -0.361. The van der Waals surface area contributed by atoms with E-state index in [4.69, 9.17) is 4.74 Å². The number of rotatable bonds is 0. The highest BCUT2D eigenvalue weighted by Gasteiger charge is 2.59. The number of carbonyl (C=O) groups excluding carboxylic acids is 2. The molecule has 0 saturated carbocycles. The van der Waals surface area contributed by atoms with Crippen LogP contribution in [0.5, 0.6) is 0 Å². The second-order valence-electron chi connectivity index (χ2n) is 3.24. The van der Waals surface area contributed by atoms with Gasteiger partial charge in [-0.1, -0.05) is 12.2 Å². The summed E-state index contributed by atoms with van der Waals surface area (Å²) in [5, 5.41) is 0. The van der Waals surface area contributed by atoms with Gasteiger partial charge in [-0.05, 0) is 0 Å². The van der Waals surface area contributed by atoms with Gasteiger partial charge in [-0.3, -0.25) is 9.59 Å². The maximum atomic E-state index is 11.1. The number of cyclic esters (lactones) is 2. The lowest BCUT2D eigenvalue weighted by atomic mass is 9.85. The van der Waals surface area contributed by atoms with Crippen LogP contribution in [0.25, 0.3) is 0 Å². The Morgan fingerprint density at radius 2 is 1.50 bits per heavy atom. The summed E-state index contributed by atoms with van der Waals surface area (Å²) < 4.78 is 9.86. The lowest BCUT2D eigenvalue weighted by Gasteiger charge is -2.08. The molecule has 2 saturated heterocycles. The second kappa shape index (κ2) is 1.77. The summed E-state index contributed by atoms with van der Waals surface area (Å²) in [4.78, 5) is 22.2. The summed E-state index contributed by atoms with van der Waals surface area (Å²) >= 11 is 0. The van der Waals surface area contributed by atoms with Gasteiger partial charge in [-0.15, -0.1) is 0 Å². The fraction of sp³-hybridized carbons (Fsp3) is 0.500. The Kier molecular flexibility index (Phi) is 0.939. The van der Waals surface area contributed by atoms with Gasteiger partial charge >= 0.3 is 11.9 Å². The zero-order valence-corrected chi connectivity index (χ0v) is 6.10. The van der Waals surface area contributed by atoms with Gasteiger partial charge < -0.3 is 9.47 Å². The first kappa shape index (κ1) is 6.37. The molecular weight excluding hydrogens is 160 g/mol. The monoisotopic (exact) mass is 166 g/mol. The van der Waals surface area contributed by atoms with Crippen LogP contribution in [-0.4, -0.2) is 24.1 Å². The van der Waals surface area contributed by atoms with Crippen LogP contribution in [0.3, 0.4) is 0 Å². The summed E-state index contributed by atoms with van der Waals surface area (Å²) in [5.41, 5.74) is 0. The molecule has 2 fully saturated rings. The molecule has 4 heteroatoms. The zero-order valence-electron chi connectivity index (χ0n) is 6.10. The Balaban J connectivity index is 2.08. The van der Waals surface area contributed by atoms with Gasteiger partial charge in [0.15, 0.2) is 0 Å². The van der Waals surface area contributed by atoms with E-state index in [1.807, 2.05) is 12.2 Å². The first-order chi connectivity index (χ1) is 5.77. The van der Waals surface area contributed by atoms with E-state index in [2.05, 4.69) is 4.74 Å². The van der Waals surface area contributed by atoms with Crippen molar-refractivity contribution in [3.8, 4) is 0 Å². The van der Waals surface area contributed by atoms with Gasteiger partial charge in [0.1, 0.15) is 11.8 Å². The zero-order chi connectivity index (χ0) is 8.29. The summed E-state index contributed by atoms with van der Waals surface area (Å²) in [5.74, 6) is -1.59. The van der Waals surface area contributed by atoms with Crippen molar-refractivity contribution in [3.05, 3.63) is 12.2 Å². The maximum Gasteiger partial charge on any atom is 0.320 e. The standard InChI is InChI=1S/C8H6O4/c9-7-5-3-1-2-4(11-3)6(5)8(10)12-7/h1-6H/t3-,4?,5+,6-/m1/s1. The van der Waals surface area contributed by atoms with Crippen LogP contribution in [0.15, 0.2) is 12.2 Å². The molecule has 3 rings (SSSR count). The highest BCUT2D eigenvalue weighted by Crippen LogP contribution is 2.43. The van der Waals surface area contributed by atoms with Crippen LogP contribution in [-0.2, 0) is 19.1 Å². The molecule has 0 amide bonds. The van der Waals surface area contributed by atoms with E-state index in [0.29, 0.717) is 0 Å². The van der Waals surface area contributed by atoms with Crippen molar-refractivity contribution in [1.29, 1.82) is 0 Å². The normalized spacial score (nSPS) is 48.3. The average molecular weight is 166 g/mol. The van der Waals surface area contributed by atoms with Gasteiger partial charge in [0.2, 0.25) is 0 Å². The molecule has 4 nitrogen and oxygen atoms in total. The third-order valence-electron chi connectivity index (χ3n) is 2.65. The number of esters is 2. The van der Waals surface area contributed by atoms with Crippen LogP contribution < -0.4 is 0 Å². The topological polar surface area (TPSA) is 52.6 Å². The van der Waals surface area contributed by atoms with Crippen molar-refractivity contribution < 1.29 is 19.1 Å². The van der Waals surface area contributed by atoms with E-state index in [9.17, 15) is 9.59 Å². The number of carbonyl (C=O) groups is 2. The maximum absolute atomic E-state index is 11.1. The number of hydrogen-bond donors (Lipinski definition) is 0. The molecule has 0 aliphatic carbocycles. The minimum atomic E-state index is -0.429. The third-order valence-corrected chi connectivity index (χ3v) is 2.65. The molecule has 0 aromatic rings. The van der Waals surface area contributed by atoms with Crippen molar-refractivity contribution in [1.82, 2.24) is 0 Å². The molecule has 3 aliphatic rings. The van der Waals surface area contributed by atoms with Crippen molar-refractivity contribution >= 4 is 11.9 Å². The first-order valence-corrected chi connectivity index (χ1v) is 3.87. The smallest absolute Gasteiger partial charge is 0.320 e. The molecule has 0 aromatic heterocycles. The Hall–Kier alpha value is -1.16. The molecule has 0 aromatic carbocycles. The van der Waals surface area contributed by atoms with E-state index in [1.165, 1.54) is 0 Å². The molecule has 62 valence electrons. The average Bonchev–Trinajstić information content (AvgIpc) is 2.64. The molecule has 3 heterocycles. The van der Waals surface area contributed by atoms with E-state index in [1.54, 1.807) is 0 Å². The summed E-state index contributed by atoms with van der Waals surface area (Å²) in [6.45, 7) is 0. The Morgan fingerprint density at radius 3 is 2.00 bits per heavy atom. The molecule has 2 bridgehead atoms. The molecule has 3 aliphatic heterocycles. The SMILES string of the molecule is O=C1OC(=O)[C@@H]2C3C=C[C@@H](O3)[C@H]12. The van der Waals surface area contributed by atoms with E-state index in [0.717, 1.165) is 0 Å². The van der Waals surface area contributed by atoms with Gasteiger partial charge in [0.25, 0.3) is 0 Å². The van der Waals surface area contributed by atoms with Gasteiger partial charge in [0, 0.05) is 0 Å². The minimum absolute atomic E-state index is 0.223. The van der Waals surface area contributed by atoms with Crippen molar-refractivity contribution in [2.45, 2.75) is 12.2 Å². The van der Waals surface area contributed by atoms with Gasteiger partial charge in [-0.2, -0.15) is 0 Å². The highest BCUT2D eigenvalue weighted by atomic mass is 16.6. The first-order valence-electron chi connectivity index (χ1n) is 3.87. The largest absolute Gasteiger partial charge is 0.393 e. The van der Waals surface area contributed by atoms with Crippen LogP contribution in [0.2, 0.25) is 0 Å². The van der Waals surface area contributed by atoms with Crippen molar-refractivity contribution in [3.63, 3.8) is 0 Å². The molecule has 4 atom stereocenters. The Bertz CT molecular complexity index is 278. The summed E-state index contributed by atoms with van der Waals surface area (Å²) in [7, 11) is 0. The molecule has 0 radical (unpaired) electrons. The number of ether oxygens (including phenoxy) is 2. The third kappa shape index (κ3) is 0.536. The fourth-order valence-electron chi connectivity index (χ4n) is 2.11. The van der Waals surface area contributed by atoms with Gasteiger partial charge in [-0.25, -0.2) is 0 Å². The van der Waals surface area contributed by atoms with E-state index in [-0.39, 0.29) is 24.0 Å². The summed E-state index contributed by atoms with van der Waals surface area (Å²) in [6, 6.07) is 0. The number of fused-ring (bicyclic) bond motifs is 5. The lowest BCUT2D eigenvalue weighted by molar-refractivity contribution is -0.156. The van der Waals surface area contributed by atoms with Crippen LogP contribution in [0.1, 0.15) is 0 Å². The van der Waals surface area contributed by atoms with Crippen molar-refractivity contribution in [2.24, 2.45) is 11.8 Å². The van der Waals surface area contributed by atoms with E-state index < -0.39 is 11.9 Å². The van der Waals surface area contributed by atoms with Gasteiger partial charge in [0.05, 0.1) is 12.2 Å². The number of hydrogen-bond acceptors (Lipinski definition) is 4. The second-order valence-corrected chi connectivity index (χ2v) is 3.24. The molecular formula is C8H6O4. The Labute approximate surface area is 68.1 Å². The Morgan fingerprint density at radius 1 is 1.00 bits per heavy atom. The summed E-state index contributed by atoms with van der Waals surface area (Å²) in [6.07, 6.45) is 3.20. The van der Waals surface area contributed by atoms with Crippen molar-refractivity contribution in [2.75, 3.05) is 0 Å². The minimum Gasteiger partial charge on any atom is -0.393 e. The highest BCUT2D eigenvalue weighted by molar-refractivity contribution is 5.98.